The molecule has 2 amide bonds. The van der Waals surface area contributed by atoms with Crippen molar-refractivity contribution in [3.05, 3.63) is 29.8 Å². The van der Waals surface area contributed by atoms with Crippen LogP contribution in [0.3, 0.4) is 0 Å². The van der Waals surface area contributed by atoms with Crippen molar-refractivity contribution in [2.45, 2.75) is 59.3 Å². The summed E-state index contributed by atoms with van der Waals surface area (Å²) in [6.45, 7) is 6.95. The summed E-state index contributed by atoms with van der Waals surface area (Å²) in [6.07, 6.45) is 5.88. The van der Waals surface area contributed by atoms with E-state index in [-0.39, 0.29) is 11.8 Å². The highest BCUT2D eigenvalue weighted by molar-refractivity contribution is 5.95. The second kappa shape index (κ2) is 11.5. The Hall–Kier alpha value is -2.04. The van der Waals surface area contributed by atoms with Crippen LogP contribution in [0.25, 0.3) is 0 Å². The monoisotopic (exact) mass is 334 g/mol. The highest BCUT2D eigenvalue weighted by Gasteiger charge is 2.07. The van der Waals surface area contributed by atoms with Crippen molar-refractivity contribution in [3.63, 3.8) is 0 Å². The predicted octanol–water partition coefficient (Wildman–Crippen LogP) is 3.84. The fourth-order valence-corrected chi connectivity index (χ4v) is 2.12. The molecule has 0 aliphatic carbocycles. The molecular formula is C19H30N2O3. The van der Waals surface area contributed by atoms with Crippen LogP contribution in [0.1, 0.15) is 69.7 Å². The van der Waals surface area contributed by atoms with Gasteiger partial charge in [-0.3, -0.25) is 20.4 Å². The fraction of sp³-hybridized carbons (Fsp3) is 0.579. The number of hydrazine groups is 1. The minimum Gasteiger partial charge on any atom is -0.493 e. The Balaban J connectivity index is 2.28. The van der Waals surface area contributed by atoms with Crippen molar-refractivity contribution < 1.29 is 14.3 Å². The zero-order valence-corrected chi connectivity index (χ0v) is 15.1. The first-order chi connectivity index (χ1) is 11.5. The third-order valence-corrected chi connectivity index (χ3v) is 3.52. The number of benzene rings is 1. The summed E-state index contributed by atoms with van der Waals surface area (Å²) in [4.78, 5) is 23.6. The molecule has 0 radical (unpaired) electrons. The molecule has 2 N–H and O–H groups in total. The zero-order chi connectivity index (χ0) is 17.8. The molecule has 0 fully saturated rings. The van der Waals surface area contributed by atoms with E-state index in [1.165, 1.54) is 12.8 Å². The third kappa shape index (κ3) is 8.56. The summed E-state index contributed by atoms with van der Waals surface area (Å²) < 4.78 is 5.57. The van der Waals surface area contributed by atoms with Crippen molar-refractivity contribution in [3.8, 4) is 5.75 Å². The van der Waals surface area contributed by atoms with Crippen LogP contribution < -0.4 is 15.6 Å². The first-order valence-electron chi connectivity index (χ1n) is 8.85. The second-order valence-electron chi connectivity index (χ2n) is 6.40. The smallest absolute Gasteiger partial charge is 0.269 e. The van der Waals surface area contributed by atoms with Crippen molar-refractivity contribution in [2.75, 3.05) is 6.61 Å². The van der Waals surface area contributed by atoms with E-state index in [1.807, 2.05) is 0 Å². The Bertz CT molecular complexity index is 498. The van der Waals surface area contributed by atoms with Gasteiger partial charge in [0.25, 0.3) is 5.91 Å². The van der Waals surface area contributed by atoms with Crippen molar-refractivity contribution >= 4 is 11.8 Å². The number of carbonyl (C=O) groups excluding carboxylic acids is 2. The Labute approximate surface area is 145 Å². The van der Waals surface area contributed by atoms with Crippen LogP contribution >= 0.6 is 0 Å². The SMILES string of the molecule is CCCCCCCC(=O)NNC(=O)c1ccc(OCC(C)C)cc1. The zero-order valence-electron chi connectivity index (χ0n) is 15.1. The highest BCUT2D eigenvalue weighted by atomic mass is 16.5. The van der Waals surface area contributed by atoms with E-state index in [0.29, 0.717) is 24.5 Å². The molecule has 5 heteroatoms. The lowest BCUT2D eigenvalue weighted by Gasteiger charge is -2.10. The summed E-state index contributed by atoms with van der Waals surface area (Å²) in [6, 6.07) is 6.88. The number of nitrogens with one attached hydrogen (secondary N) is 2. The Morgan fingerprint density at radius 1 is 1.00 bits per heavy atom. The number of unbranched alkanes of at least 4 members (excludes halogenated alkanes) is 4. The molecule has 5 nitrogen and oxygen atoms in total. The van der Waals surface area contributed by atoms with Gasteiger partial charge >= 0.3 is 0 Å². The van der Waals surface area contributed by atoms with Crippen LogP contribution in [0.4, 0.5) is 0 Å². The third-order valence-electron chi connectivity index (χ3n) is 3.52. The van der Waals surface area contributed by atoms with Crippen molar-refractivity contribution in [1.82, 2.24) is 10.9 Å². The van der Waals surface area contributed by atoms with Gasteiger partial charge in [0.05, 0.1) is 6.61 Å². The molecule has 24 heavy (non-hydrogen) atoms. The van der Waals surface area contributed by atoms with E-state index < -0.39 is 0 Å². The second-order valence-corrected chi connectivity index (χ2v) is 6.40. The highest BCUT2D eigenvalue weighted by Crippen LogP contribution is 2.13. The van der Waals surface area contributed by atoms with Crippen LogP contribution in [-0.2, 0) is 4.79 Å². The normalized spacial score (nSPS) is 10.5. The van der Waals surface area contributed by atoms with E-state index in [2.05, 4.69) is 31.6 Å². The summed E-state index contributed by atoms with van der Waals surface area (Å²) in [5, 5.41) is 0. The molecule has 0 aromatic heterocycles. The van der Waals surface area contributed by atoms with Crippen LogP contribution in [0.2, 0.25) is 0 Å². The molecule has 1 aromatic rings. The van der Waals surface area contributed by atoms with Crippen LogP contribution in [-0.4, -0.2) is 18.4 Å². The van der Waals surface area contributed by atoms with E-state index in [9.17, 15) is 9.59 Å². The van der Waals surface area contributed by atoms with Gasteiger partial charge in [0.15, 0.2) is 0 Å². The van der Waals surface area contributed by atoms with E-state index in [4.69, 9.17) is 4.74 Å². The summed E-state index contributed by atoms with van der Waals surface area (Å²) in [7, 11) is 0. The quantitative estimate of drug-likeness (QED) is 0.504. The van der Waals surface area contributed by atoms with Gasteiger partial charge in [-0.25, -0.2) is 0 Å². The topological polar surface area (TPSA) is 67.4 Å². The molecule has 0 aliphatic heterocycles. The first-order valence-corrected chi connectivity index (χ1v) is 8.85. The minimum atomic E-state index is -0.329. The summed E-state index contributed by atoms with van der Waals surface area (Å²) in [5.41, 5.74) is 5.38. The fourth-order valence-electron chi connectivity index (χ4n) is 2.12. The molecule has 1 aromatic carbocycles. The van der Waals surface area contributed by atoms with Crippen LogP contribution in [0.5, 0.6) is 5.75 Å². The van der Waals surface area contributed by atoms with Gasteiger partial charge in [-0.15, -0.1) is 0 Å². The number of hydrogen-bond acceptors (Lipinski definition) is 3. The van der Waals surface area contributed by atoms with Crippen molar-refractivity contribution in [2.24, 2.45) is 5.92 Å². The molecule has 0 spiro atoms. The Morgan fingerprint density at radius 3 is 2.29 bits per heavy atom. The summed E-state index contributed by atoms with van der Waals surface area (Å²) >= 11 is 0. The Morgan fingerprint density at radius 2 is 1.67 bits per heavy atom. The molecule has 0 atom stereocenters. The van der Waals surface area contributed by atoms with E-state index in [1.54, 1.807) is 24.3 Å². The molecule has 134 valence electrons. The molecule has 0 saturated heterocycles. The van der Waals surface area contributed by atoms with Gasteiger partial charge in [0.1, 0.15) is 5.75 Å². The maximum absolute atomic E-state index is 12.0. The lowest BCUT2D eigenvalue weighted by Crippen LogP contribution is -2.41. The molecule has 0 saturated carbocycles. The average molecular weight is 334 g/mol. The number of rotatable bonds is 10. The predicted molar refractivity (Wildman–Crippen MR) is 95.8 cm³/mol. The van der Waals surface area contributed by atoms with Gasteiger partial charge in [-0.2, -0.15) is 0 Å². The molecule has 0 heterocycles. The van der Waals surface area contributed by atoms with Gasteiger partial charge in [0.2, 0.25) is 5.91 Å². The number of amides is 2. The molecule has 1 rings (SSSR count). The number of ether oxygens (including phenoxy) is 1. The lowest BCUT2D eigenvalue weighted by molar-refractivity contribution is -0.122. The number of hydrogen-bond donors (Lipinski definition) is 2. The van der Waals surface area contributed by atoms with E-state index in [0.717, 1.165) is 25.0 Å². The average Bonchev–Trinajstić information content (AvgIpc) is 2.58. The summed E-state index contributed by atoms with van der Waals surface area (Å²) in [5.74, 6) is 0.697. The lowest BCUT2D eigenvalue weighted by atomic mass is 10.1. The maximum Gasteiger partial charge on any atom is 0.269 e. The molecular weight excluding hydrogens is 304 g/mol. The van der Waals surface area contributed by atoms with Crippen LogP contribution in [0.15, 0.2) is 24.3 Å². The van der Waals surface area contributed by atoms with Gasteiger partial charge in [0, 0.05) is 12.0 Å². The van der Waals surface area contributed by atoms with Crippen molar-refractivity contribution in [1.29, 1.82) is 0 Å². The molecule has 0 bridgehead atoms. The maximum atomic E-state index is 12.0. The first kappa shape index (κ1) is 20.0. The van der Waals surface area contributed by atoms with Gasteiger partial charge < -0.3 is 4.74 Å². The molecule has 0 unspecified atom stereocenters. The van der Waals surface area contributed by atoms with Crippen LogP contribution in [0, 0.1) is 5.92 Å². The molecule has 0 aliphatic rings. The van der Waals surface area contributed by atoms with Gasteiger partial charge in [-0.05, 0) is 36.6 Å². The minimum absolute atomic E-state index is 0.156. The van der Waals surface area contributed by atoms with Gasteiger partial charge in [-0.1, -0.05) is 46.5 Å². The Kier molecular flexibility index (Phi) is 9.58. The van der Waals surface area contributed by atoms with E-state index >= 15 is 0 Å². The largest absolute Gasteiger partial charge is 0.493 e. The standard InChI is InChI=1S/C19H30N2O3/c1-4-5-6-7-8-9-18(22)20-21-19(23)16-10-12-17(13-11-16)24-14-15(2)3/h10-13,15H,4-9,14H2,1-3H3,(H,20,22)(H,21,23). The number of carbonyl (C=O) groups is 2.